The normalized spacial score (nSPS) is 17.0. The van der Waals surface area contributed by atoms with Crippen LogP contribution in [-0.4, -0.2) is 19.2 Å². The van der Waals surface area contributed by atoms with E-state index in [2.05, 4.69) is 10.3 Å². The van der Waals surface area contributed by atoms with Gasteiger partial charge in [-0.2, -0.15) is 13.2 Å². The van der Waals surface area contributed by atoms with E-state index in [1.165, 1.54) is 25.5 Å². The zero-order chi connectivity index (χ0) is 17.3. The predicted molar refractivity (Wildman–Crippen MR) is 84.0 cm³/mol. The summed E-state index contributed by atoms with van der Waals surface area (Å²) in [6.07, 6.45) is -3.20. The van der Waals surface area contributed by atoms with Crippen molar-refractivity contribution in [3.05, 3.63) is 53.6 Å². The van der Waals surface area contributed by atoms with Crippen molar-refractivity contribution in [3.8, 4) is 5.75 Å². The molecule has 1 aliphatic rings. The van der Waals surface area contributed by atoms with Gasteiger partial charge in [0.05, 0.1) is 18.4 Å². The van der Waals surface area contributed by atoms with Crippen molar-refractivity contribution in [2.75, 3.05) is 12.4 Å². The first kappa shape index (κ1) is 16.0. The predicted octanol–water partition coefficient (Wildman–Crippen LogP) is 4.15. The van der Waals surface area contributed by atoms with Crippen molar-refractivity contribution >= 4 is 23.5 Å². The van der Waals surface area contributed by atoms with Gasteiger partial charge in [-0.15, -0.1) is 0 Å². The average molecular weight is 334 g/mol. The molecule has 124 valence electrons. The lowest BCUT2D eigenvalue weighted by molar-refractivity contribution is -0.138. The lowest BCUT2D eigenvalue weighted by Gasteiger charge is -2.12. The molecule has 2 aromatic carbocycles. The van der Waals surface area contributed by atoms with Crippen molar-refractivity contribution in [2.24, 2.45) is 4.99 Å². The van der Waals surface area contributed by atoms with Gasteiger partial charge in [0.15, 0.2) is 0 Å². The summed E-state index contributed by atoms with van der Waals surface area (Å²) >= 11 is 0. The number of carbonyl (C=O) groups excluding carboxylic acids is 1. The molecule has 24 heavy (non-hydrogen) atoms. The number of benzene rings is 2. The first-order valence-corrected chi connectivity index (χ1v) is 7.09. The molecule has 1 amide bonds. The number of nitrogens with zero attached hydrogens (tertiary/aromatic N) is 1. The molecule has 4 nitrogen and oxygen atoms in total. The Morgan fingerprint density at radius 3 is 2.67 bits per heavy atom. The van der Waals surface area contributed by atoms with Crippen LogP contribution in [0.3, 0.4) is 0 Å². The zero-order valence-electron chi connectivity index (χ0n) is 12.6. The van der Waals surface area contributed by atoms with Crippen molar-refractivity contribution in [1.82, 2.24) is 0 Å². The van der Waals surface area contributed by atoms with E-state index in [9.17, 15) is 18.0 Å². The van der Waals surface area contributed by atoms with Gasteiger partial charge in [0.2, 0.25) is 5.91 Å². The molecule has 7 heteroatoms. The monoisotopic (exact) mass is 334 g/mol. The quantitative estimate of drug-likeness (QED) is 0.857. The molecule has 0 aliphatic carbocycles. The number of anilines is 1. The standard InChI is InChI=1S/C17H13F3N2O2/c1-24-15-7-6-10(8-13(15)17(18,19)20)21-9-12-11-4-2-3-5-14(11)22-16(12)23/h2-9,12H,1H3,(H,22,23). The highest BCUT2D eigenvalue weighted by Gasteiger charge is 2.34. The number of hydrogen-bond acceptors (Lipinski definition) is 3. The average Bonchev–Trinajstić information content (AvgIpc) is 2.87. The number of amides is 1. The number of carbonyl (C=O) groups is 1. The molecule has 1 N–H and O–H groups in total. The molecular formula is C17H13F3N2O2. The van der Waals surface area contributed by atoms with E-state index in [-0.39, 0.29) is 17.3 Å². The largest absolute Gasteiger partial charge is 0.496 e. The minimum Gasteiger partial charge on any atom is -0.496 e. The molecule has 1 atom stereocenters. The number of ether oxygens (including phenoxy) is 1. The minimum atomic E-state index is -4.55. The maximum absolute atomic E-state index is 13.0. The van der Waals surface area contributed by atoms with Crippen LogP contribution in [-0.2, 0) is 11.0 Å². The van der Waals surface area contributed by atoms with E-state index in [1.807, 2.05) is 0 Å². The van der Waals surface area contributed by atoms with Crippen molar-refractivity contribution in [1.29, 1.82) is 0 Å². The first-order chi connectivity index (χ1) is 11.4. The number of halogens is 3. The number of rotatable bonds is 3. The third-order valence-corrected chi connectivity index (χ3v) is 3.70. The van der Waals surface area contributed by atoms with E-state index in [1.54, 1.807) is 24.3 Å². The number of para-hydroxylation sites is 1. The molecular weight excluding hydrogens is 321 g/mol. The fraction of sp³-hybridized carbons (Fsp3) is 0.176. The Morgan fingerprint density at radius 1 is 1.21 bits per heavy atom. The third kappa shape index (κ3) is 2.97. The Hall–Kier alpha value is -2.83. The maximum Gasteiger partial charge on any atom is 0.420 e. The van der Waals surface area contributed by atoms with E-state index < -0.39 is 17.7 Å². The summed E-state index contributed by atoms with van der Waals surface area (Å²) < 4.78 is 43.8. The smallest absolute Gasteiger partial charge is 0.420 e. The Morgan fingerprint density at radius 2 is 1.96 bits per heavy atom. The van der Waals surface area contributed by atoms with E-state index in [0.29, 0.717) is 5.69 Å². The molecule has 2 aromatic rings. The van der Waals surface area contributed by atoms with E-state index >= 15 is 0 Å². The number of methoxy groups -OCH3 is 1. The van der Waals surface area contributed by atoms with Gasteiger partial charge in [-0.05, 0) is 29.8 Å². The van der Waals surface area contributed by atoms with Crippen LogP contribution in [0.1, 0.15) is 17.0 Å². The minimum absolute atomic E-state index is 0.0975. The summed E-state index contributed by atoms with van der Waals surface area (Å²) in [5, 5.41) is 2.71. The molecule has 0 spiro atoms. The number of aliphatic imine (C=N–C) groups is 1. The molecule has 0 bridgehead atoms. The van der Waals surface area contributed by atoms with Gasteiger partial charge in [-0.1, -0.05) is 18.2 Å². The van der Waals surface area contributed by atoms with Crippen LogP contribution in [0.25, 0.3) is 0 Å². The third-order valence-electron chi connectivity index (χ3n) is 3.70. The van der Waals surface area contributed by atoms with Crippen LogP contribution in [0.5, 0.6) is 5.75 Å². The fourth-order valence-electron chi connectivity index (χ4n) is 2.54. The Bertz CT molecular complexity index is 816. The van der Waals surface area contributed by atoms with E-state index in [0.717, 1.165) is 11.6 Å². The van der Waals surface area contributed by atoms with Crippen LogP contribution < -0.4 is 10.1 Å². The summed E-state index contributed by atoms with van der Waals surface area (Å²) in [6, 6.07) is 10.6. The SMILES string of the molecule is COc1ccc(N=CC2C(=O)Nc3ccccc32)cc1C(F)(F)F. The Kier molecular flexibility index (Phi) is 4.01. The molecule has 1 heterocycles. The van der Waals surface area contributed by atoms with Gasteiger partial charge in [-0.25, -0.2) is 0 Å². The highest BCUT2D eigenvalue weighted by Crippen LogP contribution is 2.38. The van der Waals surface area contributed by atoms with Crippen LogP contribution in [0.4, 0.5) is 24.5 Å². The number of fused-ring (bicyclic) bond motifs is 1. The highest BCUT2D eigenvalue weighted by atomic mass is 19.4. The van der Waals surface area contributed by atoms with Gasteiger partial charge in [-0.3, -0.25) is 9.79 Å². The molecule has 0 saturated heterocycles. The summed E-state index contributed by atoms with van der Waals surface area (Å²) in [5.74, 6) is -1.16. The fourth-order valence-corrected chi connectivity index (χ4v) is 2.54. The summed E-state index contributed by atoms with van der Waals surface area (Å²) in [4.78, 5) is 16.0. The van der Waals surface area contributed by atoms with Crippen molar-refractivity contribution in [2.45, 2.75) is 12.1 Å². The number of alkyl halides is 3. The van der Waals surface area contributed by atoms with Crippen LogP contribution in [0, 0.1) is 0 Å². The molecule has 1 aliphatic heterocycles. The van der Waals surface area contributed by atoms with Gasteiger partial charge in [0.1, 0.15) is 11.7 Å². The van der Waals surface area contributed by atoms with Gasteiger partial charge in [0.25, 0.3) is 0 Å². The van der Waals surface area contributed by atoms with Gasteiger partial charge < -0.3 is 10.1 Å². The molecule has 0 radical (unpaired) electrons. The number of nitrogens with one attached hydrogen (secondary N) is 1. The van der Waals surface area contributed by atoms with Gasteiger partial charge in [0, 0.05) is 11.9 Å². The maximum atomic E-state index is 13.0. The van der Waals surface area contributed by atoms with Crippen LogP contribution in [0.15, 0.2) is 47.5 Å². The van der Waals surface area contributed by atoms with Crippen LogP contribution >= 0.6 is 0 Å². The summed E-state index contributed by atoms with van der Waals surface area (Å²) in [6.45, 7) is 0. The summed E-state index contributed by atoms with van der Waals surface area (Å²) in [5.41, 5.74) is 0.622. The number of hydrogen-bond donors (Lipinski definition) is 1. The van der Waals surface area contributed by atoms with E-state index in [4.69, 9.17) is 4.74 Å². The molecule has 0 fully saturated rings. The molecule has 1 unspecified atom stereocenters. The van der Waals surface area contributed by atoms with Crippen LogP contribution in [0.2, 0.25) is 0 Å². The second kappa shape index (κ2) is 5.99. The second-order valence-electron chi connectivity index (χ2n) is 5.21. The van der Waals surface area contributed by atoms with Crippen molar-refractivity contribution in [3.63, 3.8) is 0 Å². The summed E-state index contributed by atoms with van der Waals surface area (Å²) in [7, 11) is 1.17. The highest BCUT2D eigenvalue weighted by molar-refractivity contribution is 6.12. The van der Waals surface area contributed by atoms with Gasteiger partial charge >= 0.3 is 6.18 Å². The lowest BCUT2D eigenvalue weighted by atomic mass is 10.0. The zero-order valence-corrected chi connectivity index (χ0v) is 12.6. The second-order valence-corrected chi connectivity index (χ2v) is 5.21. The first-order valence-electron chi connectivity index (χ1n) is 7.09. The molecule has 0 aromatic heterocycles. The Balaban J connectivity index is 1.92. The molecule has 3 rings (SSSR count). The lowest BCUT2D eigenvalue weighted by Crippen LogP contribution is -2.12. The molecule has 0 saturated carbocycles. The Labute approximate surface area is 136 Å². The topological polar surface area (TPSA) is 50.7 Å². The van der Waals surface area contributed by atoms with Crippen molar-refractivity contribution < 1.29 is 22.7 Å².